The van der Waals surface area contributed by atoms with Gasteiger partial charge in [0, 0.05) is 24.9 Å². The molecule has 3 aliphatic rings. The Bertz CT molecular complexity index is 477. The van der Waals surface area contributed by atoms with E-state index >= 15 is 0 Å². The van der Waals surface area contributed by atoms with Crippen molar-refractivity contribution >= 4 is 38.3 Å². The standard InChI is InChI=1S/C18H27N3.2ClH.Fe/c1-3-7-15(8-4-1)19-13-17-11-12-18(21-17)14-20-16-9-5-2-6-10-16;;;/h11,13-16H,1-10,12H2;2*1H;/q;;;+2/p-2. The Morgan fingerprint density at radius 2 is 1.38 bits per heavy atom. The molecule has 0 aromatic rings. The first-order valence-corrected chi connectivity index (χ1v) is 12.0. The SMILES string of the molecule is C(=NC1CCCCC1)C1=CCC(C=NC2CCCCC2)=N1.[Cl][Fe][Cl]. The molecule has 24 heavy (non-hydrogen) atoms. The average molecular weight is 412 g/mol. The third-order valence-electron chi connectivity index (χ3n) is 4.79. The molecule has 0 saturated heterocycles. The van der Waals surface area contributed by atoms with Gasteiger partial charge in [-0.15, -0.1) is 0 Å². The van der Waals surface area contributed by atoms with Crippen LogP contribution in [0.5, 0.6) is 0 Å². The van der Waals surface area contributed by atoms with Crippen LogP contribution in [0.25, 0.3) is 0 Å². The number of allylic oxidation sites excluding steroid dienone is 2. The van der Waals surface area contributed by atoms with Crippen molar-refractivity contribution in [3.63, 3.8) is 0 Å². The summed E-state index contributed by atoms with van der Waals surface area (Å²) in [5, 5.41) is 0. The van der Waals surface area contributed by atoms with E-state index in [0.717, 1.165) is 17.8 Å². The van der Waals surface area contributed by atoms with E-state index in [-0.39, 0.29) is 13.1 Å². The molecule has 6 heteroatoms. The maximum atomic E-state index is 4.76. The van der Waals surface area contributed by atoms with Crippen molar-refractivity contribution in [2.75, 3.05) is 0 Å². The van der Waals surface area contributed by atoms with Crippen LogP contribution in [0, 0.1) is 0 Å². The van der Waals surface area contributed by atoms with Crippen LogP contribution in [-0.2, 0) is 13.1 Å². The van der Waals surface area contributed by atoms with Crippen molar-refractivity contribution in [2.45, 2.75) is 82.7 Å². The predicted octanol–water partition coefficient (Wildman–Crippen LogP) is 5.90. The summed E-state index contributed by atoms with van der Waals surface area (Å²) >= 11 is 0.194. The Kier molecular flexibility index (Phi) is 10.3. The minimum absolute atomic E-state index is 0.194. The van der Waals surface area contributed by atoms with Crippen LogP contribution < -0.4 is 0 Å². The Labute approximate surface area is 160 Å². The Balaban J connectivity index is 0.000000647. The molecule has 2 fully saturated rings. The van der Waals surface area contributed by atoms with Gasteiger partial charge in [-0.25, -0.2) is 0 Å². The van der Waals surface area contributed by atoms with Crippen molar-refractivity contribution in [2.24, 2.45) is 15.0 Å². The van der Waals surface area contributed by atoms with E-state index in [1.54, 1.807) is 0 Å². The molecule has 3 nitrogen and oxygen atoms in total. The summed E-state index contributed by atoms with van der Waals surface area (Å²) < 4.78 is 0. The summed E-state index contributed by atoms with van der Waals surface area (Å²) in [6, 6.07) is 1.08. The zero-order chi connectivity index (χ0) is 17.0. The van der Waals surface area contributed by atoms with E-state index < -0.39 is 0 Å². The van der Waals surface area contributed by atoms with Crippen LogP contribution in [0.1, 0.15) is 70.6 Å². The van der Waals surface area contributed by atoms with E-state index in [9.17, 15) is 0 Å². The van der Waals surface area contributed by atoms with E-state index in [1.807, 2.05) is 12.4 Å². The molecular weight excluding hydrogens is 385 g/mol. The summed E-state index contributed by atoms with van der Waals surface area (Å²) in [4.78, 5) is 14.1. The number of hydrogen-bond acceptors (Lipinski definition) is 3. The summed E-state index contributed by atoms with van der Waals surface area (Å²) in [5.74, 6) is 0. The first kappa shape index (κ1) is 20.2. The number of nitrogens with zero attached hydrogens (tertiary/aromatic N) is 3. The van der Waals surface area contributed by atoms with Gasteiger partial charge >= 0.3 is 33.3 Å². The molecule has 0 aromatic carbocycles. The summed E-state index contributed by atoms with van der Waals surface area (Å²) in [6.45, 7) is 0. The monoisotopic (exact) mass is 411 g/mol. The summed E-state index contributed by atoms with van der Waals surface area (Å²) in [6.07, 6.45) is 20.2. The number of hydrogen-bond donors (Lipinski definition) is 0. The molecule has 136 valence electrons. The second kappa shape index (κ2) is 12.2. The molecular formula is C18H27Cl2FeN3. The molecule has 0 N–H and O–H groups in total. The van der Waals surface area contributed by atoms with Crippen molar-refractivity contribution in [3.05, 3.63) is 11.8 Å². The van der Waals surface area contributed by atoms with E-state index in [1.165, 1.54) is 64.2 Å². The van der Waals surface area contributed by atoms with Crippen molar-refractivity contribution < 1.29 is 13.1 Å². The van der Waals surface area contributed by atoms with Gasteiger partial charge in [0.05, 0.1) is 17.5 Å². The third kappa shape index (κ3) is 7.82. The van der Waals surface area contributed by atoms with Gasteiger partial charge in [-0.05, 0) is 25.7 Å². The number of rotatable bonds is 4. The molecule has 1 aliphatic heterocycles. The zero-order valence-electron chi connectivity index (χ0n) is 14.1. The third-order valence-corrected chi connectivity index (χ3v) is 4.79. The quantitative estimate of drug-likeness (QED) is 0.408. The van der Waals surface area contributed by atoms with Gasteiger partial charge in [0.15, 0.2) is 0 Å². The molecule has 0 bridgehead atoms. The van der Waals surface area contributed by atoms with Crippen LogP contribution in [0.4, 0.5) is 0 Å². The molecule has 0 amide bonds. The Hall–Kier alpha value is -0.151. The Morgan fingerprint density at radius 1 is 0.875 bits per heavy atom. The van der Waals surface area contributed by atoms with Gasteiger partial charge < -0.3 is 0 Å². The molecule has 0 aromatic heterocycles. The average Bonchev–Trinajstić information content (AvgIpc) is 3.09. The van der Waals surface area contributed by atoms with Gasteiger partial charge in [-0.2, -0.15) is 0 Å². The van der Waals surface area contributed by atoms with Crippen molar-refractivity contribution in [1.29, 1.82) is 0 Å². The topological polar surface area (TPSA) is 37.1 Å². The van der Waals surface area contributed by atoms with E-state index in [4.69, 9.17) is 30.2 Å². The van der Waals surface area contributed by atoms with Gasteiger partial charge in [0.1, 0.15) is 0 Å². The minimum atomic E-state index is 0.194. The van der Waals surface area contributed by atoms with Crippen LogP contribution in [0.2, 0.25) is 0 Å². The summed E-state index contributed by atoms with van der Waals surface area (Å²) in [7, 11) is 9.53. The fourth-order valence-electron chi connectivity index (χ4n) is 3.46. The molecule has 2 aliphatic carbocycles. The number of halogens is 2. The summed E-state index contributed by atoms with van der Waals surface area (Å²) in [5.41, 5.74) is 2.14. The molecule has 0 unspecified atom stereocenters. The van der Waals surface area contributed by atoms with Crippen LogP contribution in [0.15, 0.2) is 26.8 Å². The molecule has 2 saturated carbocycles. The van der Waals surface area contributed by atoms with E-state index in [2.05, 4.69) is 11.1 Å². The fourth-order valence-corrected chi connectivity index (χ4v) is 3.46. The second-order valence-electron chi connectivity index (χ2n) is 6.63. The zero-order valence-corrected chi connectivity index (χ0v) is 16.7. The van der Waals surface area contributed by atoms with Gasteiger partial charge in [-0.3, -0.25) is 15.0 Å². The predicted molar refractivity (Wildman–Crippen MR) is 103 cm³/mol. The second-order valence-corrected chi connectivity index (χ2v) is 8.45. The van der Waals surface area contributed by atoms with Crippen molar-refractivity contribution in [3.8, 4) is 0 Å². The first-order chi connectivity index (χ1) is 11.8. The van der Waals surface area contributed by atoms with E-state index in [0.29, 0.717) is 12.1 Å². The van der Waals surface area contributed by atoms with Gasteiger partial charge in [-0.1, -0.05) is 44.6 Å². The molecule has 3 rings (SSSR count). The van der Waals surface area contributed by atoms with Gasteiger partial charge in [0.25, 0.3) is 0 Å². The molecule has 0 radical (unpaired) electrons. The normalized spacial score (nSPS) is 23.4. The fraction of sp³-hybridized carbons (Fsp3) is 0.722. The van der Waals surface area contributed by atoms with Crippen LogP contribution in [-0.4, -0.2) is 30.2 Å². The van der Waals surface area contributed by atoms with Gasteiger partial charge in [0.2, 0.25) is 0 Å². The van der Waals surface area contributed by atoms with Crippen molar-refractivity contribution in [1.82, 2.24) is 0 Å². The number of aliphatic imine (C=N–C) groups is 3. The van der Waals surface area contributed by atoms with Crippen LogP contribution >= 0.6 is 20.2 Å². The molecule has 0 spiro atoms. The maximum absolute atomic E-state index is 4.76. The first-order valence-electron chi connectivity index (χ1n) is 9.01. The Morgan fingerprint density at radius 3 is 1.92 bits per heavy atom. The molecule has 1 heterocycles. The van der Waals surface area contributed by atoms with Crippen LogP contribution in [0.3, 0.4) is 0 Å². The molecule has 0 atom stereocenters.